The molecular weight excluding hydrogens is 232 g/mol. The second-order valence-corrected chi connectivity index (χ2v) is 0. The van der Waals surface area contributed by atoms with E-state index in [2.05, 4.69) is 0 Å². The molecule has 4 heavy (non-hydrogen) atoms. The van der Waals surface area contributed by atoms with Gasteiger partial charge in [0.2, 0.25) is 0 Å². The van der Waals surface area contributed by atoms with Gasteiger partial charge in [-0.15, -0.1) is 0 Å². The predicted molar refractivity (Wildman–Crippen MR) is 13.3 cm³/mol. The van der Waals surface area contributed by atoms with Gasteiger partial charge in [0.15, 0.2) is 0 Å². The van der Waals surface area contributed by atoms with Gasteiger partial charge >= 0.3 is 180 Å². The van der Waals surface area contributed by atoms with Crippen LogP contribution >= 0.6 is 0 Å². The van der Waals surface area contributed by atoms with Crippen LogP contribution in [-0.4, -0.2) is 25.8 Å². The fraction of sp³-hybridized carbons (Fsp3) is 0. The number of hydrogen-bond acceptors (Lipinski definition) is 0. The van der Waals surface area contributed by atoms with Crippen molar-refractivity contribution >= 4 is 25.8 Å². The molecule has 0 nitrogen and oxygen atoms in total. The van der Waals surface area contributed by atoms with E-state index < -0.39 is 0 Å². The van der Waals surface area contributed by atoms with Crippen LogP contribution < -0.4 is 154 Å². The van der Waals surface area contributed by atoms with Crippen LogP contribution in [0.1, 0.15) is 4.28 Å². The second-order valence-electron chi connectivity index (χ2n) is 0. The second kappa shape index (κ2) is 15.9. The van der Waals surface area contributed by atoms with Crippen LogP contribution in [0.4, 0.5) is 0 Å². The summed E-state index contributed by atoms with van der Waals surface area (Å²) in [5.74, 6) is 0. The van der Waals surface area contributed by atoms with E-state index in [1.165, 1.54) is 0 Å². The fourth-order valence-corrected chi connectivity index (χ4v) is 0. The van der Waals surface area contributed by atoms with Gasteiger partial charge in [0.1, 0.15) is 0 Å². The first-order chi connectivity index (χ1) is 0. The zero-order chi connectivity index (χ0) is 0. The first kappa shape index (κ1) is 22.6. The predicted octanol–water partition coefficient (Wildman–Crippen LogP) is -9.83. The molecule has 0 heterocycles. The Morgan fingerprint density at radius 1 is 0.750 bits per heavy atom. The van der Waals surface area contributed by atoms with Gasteiger partial charge in [-0.05, 0) is 0 Å². The molecule has 0 spiro atoms. The van der Waals surface area contributed by atoms with Gasteiger partial charge < -0.3 is 4.28 Å². The molecule has 0 N–H and O–H groups in total. The molecular formula is H6InK3. The van der Waals surface area contributed by atoms with Crippen molar-refractivity contribution in [2.75, 3.05) is 0 Å². The molecule has 0 aromatic carbocycles. The Morgan fingerprint density at radius 2 is 0.750 bits per heavy atom. The van der Waals surface area contributed by atoms with Crippen LogP contribution in [0.3, 0.4) is 0 Å². The maximum Gasteiger partial charge on any atom is 1.00 e. The summed E-state index contributed by atoms with van der Waals surface area (Å²) in [5.41, 5.74) is 0. The maximum atomic E-state index is 0. The Balaban J connectivity index is 0. The molecule has 0 atom stereocenters. The van der Waals surface area contributed by atoms with Gasteiger partial charge in [0.25, 0.3) is 0 Å². The normalized spacial score (nSPS) is 0. The Bertz CT molecular complexity index is 10.1. The topological polar surface area (TPSA) is 0 Å². The summed E-state index contributed by atoms with van der Waals surface area (Å²) >= 11 is 0. The van der Waals surface area contributed by atoms with Gasteiger partial charge in [-0.2, -0.15) is 0 Å². The third-order valence-corrected chi connectivity index (χ3v) is 0. The standard InChI is InChI=1S/In.3K.6H/q;3*+1;;;;3*-1. The van der Waals surface area contributed by atoms with E-state index in [1.54, 1.807) is 0 Å². The maximum absolute atomic E-state index is 0. The monoisotopic (exact) mass is 238 g/mol. The Kier molecular flexibility index (Phi) is 89.7. The van der Waals surface area contributed by atoms with Crippen molar-refractivity contribution in [2.24, 2.45) is 0 Å². The molecule has 0 unspecified atom stereocenters. The molecule has 0 aliphatic heterocycles. The molecule has 0 aromatic heterocycles. The third kappa shape index (κ3) is 10.7. The van der Waals surface area contributed by atoms with Crippen molar-refractivity contribution in [3.05, 3.63) is 0 Å². The molecule has 0 aliphatic rings. The van der Waals surface area contributed by atoms with E-state index in [4.69, 9.17) is 0 Å². The van der Waals surface area contributed by atoms with Crippen molar-refractivity contribution in [3.63, 3.8) is 0 Å². The van der Waals surface area contributed by atoms with Crippen LogP contribution in [0.25, 0.3) is 0 Å². The summed E-state index contributed by atoms with van der Waals surface area (Å²) in [6, 6.07) is 0. The van der Waals surface area contributed by atoms with Crippen molar-refractivity contribution in [1.82, 2.24) is 0 Å². The van der Waals surface area contributed by atoms with Crippen LogP contribution in [0.15, 0.2) is 0 Å². The summed E-state index contributed by atoms with van der Waals surface area (Å²) in [5, 5.41) is 0. The average molecular weight is 238 g/mol. The molecule has 0 amide bonds. The summed E-state index contributed by atoms with van der Waals surface area (Å²) < 4.78 is 0. The fourth-order valence-electron chi connectivity index (χ4n) is 0. The van der Waals surface area contributed by atoms with E-state index in [0.29, 0.717) is 0 Å². The van der Waals surface area contributed by atoms with Crippen LogP contribution in [0.2, 0.25) is 0 Å². The smallest absolute Gasteiger partial charge is 1.00 e. The van der Waals surface area contributed by atoms with E-state index in [-0.39, 0.29) is 184 Å². The van der Waals surface area contributed by atoms with E-state index in [1.807, 2.05) is 0 Å². The molecule has 0 aliphatic carbocycles. The van der Waals surface area contributed by atoms with Gasteiger partial charge in [-0.3, -0.25) is 0 Å². The van der Waals surface area contributed by atoms with Crippen LogP contribution in [-0.2, 0) is 0 Å². The first-order valence-electron chi connectivity index (χ1n) is 0. The summed E-state index contributed by atoms with van der Waals surface area (Å²) in [6.45, 7) is 0. The van der Waals surface area contributed by atoms with E-state index in [0.717, 1.165) is 0 Å². The van der Waals surface area contributed by atoms with Crippen molar-refractivity contribution in [1.29, 1.82) is 0 Å². The summed E-state index contributed by atoms with van der Waals surface area (Å²) in [6.07, 6.45) is 0. The molecule has 0 aromatic rings. The Labute approximate surface area is 177 Å². The van der Waals surface area contributed by atoms with Crippen LogP contribution in [0.5, 0.6) is 0 Å². The Morgan fingerprint density at radius 3 is 0.750 bits per heavy atom. The molecule has 12 valence electrons. The zero-order valence-electron chi connectivity index (χ0n) is 6.00. The molecule has 0 radical (unpaired) electrons. The quantitative estimate of drug-likeness (QED) is 0.368. The zero-order valence-corrected chi connectivity index (χ0v) is 12.4. The summed E-state index contributed by atoms with van der Waals surface area (Å²) in [7, 11) is 0. The summed E-state index contributed by atoms with van der Waals surface area (Å²) in [4.78, 5) is 0. The van der Waals surface area contributed by atoms with Crippen LogP contribution in [0, 0.1) is 0 Å². The SMILES string of the molecule is [H-].[H-].[H-].[InH3].[K+].[K+].[K+]. The van der Waals surface area contributed by atoms with Gasteiger partial charge in [0, 0.05) is 0 Å². The third-order valence-electron chi connectivity index (χ3n) is 0. The average Bonchev–Trinajstić information content (AvgIpc) is 0. The minimum atomic E-state index is 0. The molecule has 0 bridgehead atoms. The number of hydrogen-bond donors (Lipinski definition) is 0. The van der Waals surface area contributed by atoms with E-state index >= 15 is 0 Å². The Hall–Kier alpha value is 5.78. The first-order valence-corrected chi connectivity index (χ1v) is 0. The minimum Gasteiger partial charge on any atom is 1.00 e. The largest absolute Gasteiger partial charge is 1.00 e. The molecule has 0 fully saturated rings. The minimum absolute atomic E-state index is 0. The van der Waals surface area contributed by atoms with Crippen molar-refractivity contribution in [3.8, 4) is 0 Å². The van der Waals surface area contributed by atoms with Gasteiger partial charge in [-0.1, -0.05) is 0 Å². The van der Waals surface area contributed by atoms with E-state index in [9.17, 15) is 0 Å². The molecule has 0 saturated carbocycles. The van der Waals surface area contributed by atoms with Gasteiger partial charge in [-0.25, -0.2) is 0 Å². The molecule has 0 saturated heterocycles. The van der Waals surface area contributed by atoms with Crippen molar-refractivity contribution < 1.29 is 158 Å². The molecule has 4 heteroatoms. The van der Waals surface area contributed by atoms with Crippen molar-refractivity contribution in [2.45, 2.75) is 0 Å². The molecule has 0 rings (SSSR count). The van der Waals surface area contributed by atoms with Gasteiger partial charge in [0.05, 0.1) is 0 Å². The number of rotatable bonds is 0.